The van der Waals surface area contributed by atoms with Crippen molar-refractivity contribution in [1.82, 2.24) is 10.2 Å². The molecule has 1 amide bonds. The minimum Gasteiger partial charge on any atom is -0.309 e. The first-order chi connectivity index (χ1) is 11.2. The van der Waals surface area contributed by atoms with Crippen LogP contribution in [0.15, 0.2) is 59.1 Å². The van der Waals surface area contributed by atoms with Crippen LogP contribution in [0.1, 0.15) is 23.5 Å². The van der Waals surface area contributed by atoms with Crippen molar-refractivity contribution in [2.45, 2.75) is 12.3 Å². The summed E-state index contributed by atoms with van der Waals surface area (Å²) < 4.78 is 1.01. The Labute approximate surface area is 142 Å². The second-order valence-electron chi connectivity index (χ2n) is 5.59. The lowest BCUT2D eigenvalue weighted by Gasteiger charge is -2.23. The normalized spacial score (nSPS) is 16.7. The minimum absolute atomic E-state index is 0.00594. The van der Waals surface area contributed by atoms with Gasteiger partial charge in [-0.15, -0.1) is 0 Å². The molecular weight excluding hydrogens is 354 g/mol. The molecule has 4 rings (SSSR count). The summed E-state index contributed by atoms with van der Waals surface area (Å²) in [4.78, 5) is 12.1. The number of carbonyl (C=O) groups is 1. The van der Waals surface area contributed by atoms with Crippen molar-refractivity contribution in [3.63, 3.8) is 0 Å². The lowest BCUT2D eigenvalue weighted by molar-refractivity contribution is -0.116. The van der Waals surface area contributed by atoms with Gasteiger partial charge in [-0.1, -0.05) is 58.4 Å². The molecule has 23 heavy (non-hydrogen) atoms. The second-order valence-corrected chi connectivity index (χ2v) is 6.50. The van der Waals surface area contributed by atoms with Crippen LogP contribution in [-0.2, 0) is 4.79 Å². The van der Waals surface area contributed by atoms with E-state index in [4.69, 9.17) is 0 Å². The first-order valence-corrected chi connectivity index (χ1v) is 8.20. The van der Waals surface area contributed by atoms with Crippen LogP contribution >= 0.6 is 15.9 Å². The molecule has 0 saturated heterocycles. The van der Waals surface area contributed by atoms with E-state index < -0.39 is 0 Å². The summed E-state index contributed by atoms with van der Waals surface area (Å²) >= 11 is 3.51. The zero-order valence-corrected chi connectivity index (χ0v) is 13.8. The third-order valence-corrected chi connectivity index (χ3v) is 4.61. The van der Waals surface area contributed by atoms with Crippen LogP contribution in [0.25, 0.3) is 11.3 Å². The molecule has 1 atom stereocenters. The number of benzene rings is 2. The molecule has 0 aliphatic carbocycles. The van der Waals surface area contributed by atoms with Gasteiger partial charge in [0.15, 0.2) is 5.82 Å². The number of amides is 1. The maximum Gasteiger partial charge on any atom is 0.226 e. The van der Waals surface area contributed by atoms with Crippen molar-refractivity contribution in [2.75, 3.05) is 5.32 Å². The fourth-order valence-electron chi connectivity index (χ4n) is 3.09. The van der Waals surface area contributed by atoms with Gasteiger partial charge in [0.2, 0.25) is 5.91 Å². The highest BCUT2D eigenvalue weighted by atomic mass is 79.9. The number of anilines is 1. The van der Waals surface area contributed by atoms with E-state index >= 15 is 0 Å². The van der Waals surface area contributed by atoms with Crippen molar-refractivity contribution in [1.29, 1.82) is 0 Å². The van der Waals surface area contributed by atoms with Gasteiger partial charge in [0, 0.05) is 22.4 Å². The molecule has 3 aromatic rings. The summed E-state index contributed by atoms with van der Waals surface area (Å²) in [5.74, 6) is 0.615. The van der Waals surface area contributed by atoms with Crippen molar-refractivity contribution in [3.8, 4) is 11.3 Å². The zero-order chi connectivity index (χ0) is 15.8. The molecule has 1 aliphatic heterocycles. The van der Waals surface area contributed by atoms with Crippen molar-refractivity contribution in [3.05, 3.63) is 70.2 Å². The van der Waals surface area contributed by atoms with E-state index in [-0.39, 0.29) is 11.8 Å². The van der Waals surface area contributed by atoms with Crippen molar-refractivity contribution >= 4 is 27.7 Å². The molecule has 0 bridgehead atoms. The molecule has 2 N–H and O–H groups in total. The molecule has 4 nitrogen and oxygen atoms in total. The highest BCUT2D eigenvalue weighted by Crippen LogP contribution is 2.41. The van der Waals surface area contributed by atoms with Crippen LogP contribution in [0.3, 0.4) is 0 Å². The van der Waals surface area contributed by atoms with Gasteiger partial charge >= 0.3 is 0 Å². The number of aromatic nitrogens is 2. The first kappa shape index (κ1) is 14.2. The van der Waals surface area contributed by atoms with Crippen LogP contribution in [0, 0.1) is 0 Å². The van der Waals surface area contributed by atoms with Crippen LogP contribution in [0.4, 0.5) is 5.82 Å². The smallest absolute Gasteiger partial charge is 0.226 e. The predicted molar refractivity (Wildman–Crippen MR) is 93.3 cm³/mol. The van der Waals surface area contributed by atoms with Gasteiger partial charge in [-0.3, -0.25) is 9.89 Å². The van der Waals surface area contributed by atoms with E-state index in [2.05, 4.69) is 43.6 Å². The average Bonchev–Trinajstić information content (AvgIpc) is 2.98. The zero-order valence-electron chi connectivity index (χ0n) is 12.2. The van der Waals surface area contributed by atoms with E-state index in [1.165, 1.54) is 0 Å². The Hall–Kier alpha value is -2.40. The predicted octanol–water partition coefficient (Wildman–Crippen LogP) is 4.31. The molecule has 0 saturated carbocycles. The first-order valence-electron chi connectivity index (χ1n) is 7.41. The Morgan fingerprint density at radius 2 is 1.91 bits per heavy atom. The summed E-state index contributed by atoms with van der Waals surface area (Å²) in [7, 11) is 0. The van der Waals surface area contributed by atoms with Gasteiger partial charge in [-0.25, -0.2) is 0 Å². The number of aromatic amines is 1. The summed E-state index contributed by atoms with van der Waals surface area (Å²) in [6.45, 7) is 0. The third kappa shape index (κ3) is 2.57. The monoisotopic (exact) mass is 367 g/mol. The summed E-state index contributed by atoms with van der Waals surface area (Å²) in [5, 5.41) is 10.3. The highest BCUT2D eigenvalue weighted by Gasteiger charge is 2.31. The Kier molecular flexibility index (Phi) is 3.50. The Bertz CT molecular complexity index is 873. The second kappa shape index (κ2) is 5.66. The van der Waals surface area contributed by atoms with Crippen molar-refractivity contribution < 1.29 is 4.79 Å². The Morgan fingerprint density at radius 3 is 2.70 bits per heavy atom. The molecule has 0 unspecified atom stereocenters. The SMILES string of the molecule is O=C1C[C@@H](c2cccc(Br)c2)c2c(n[nH]c2-c2ccccc2)N1. The molecule has 5 heteroatoms. The molecule has 0 fully saturated rings. The largest absolute Gasteiger partial charge is 0.309 e. The summed E-state index contributed by atoms with van der Waals surface area (Å²) in [6, 6.07) is 18.2. The average molecular weight is 368 g/mol. The number of nitrogens with one attached hydrogen (secondary N) is 2. The van der Waals surface area contributed by atoms with E-state index in [1.54, 1.807) is 0 Å². The molecule has 114 valence electrons. The molecule has 0 radical (unpaired) electrons. The van der Waals surface area contributed by atoms with E-state index in [0.717, 1.165) is 26.9 Å². The maximum atomic E-state index is 12.1. The number of hydrogen-bond donors (Lipinski definition) is 2. The van der Waals surface area contributed by atoms with Crippen LogP contribution in [0.5, 0.6) is 0 Å². The van der Waals surface area contributed by atoms with Gasteiger partial charge < -0.3 is 5.32 Å². The van der Waals surface area contributed by atoms with Gasteiger partial charge in [-0.2, -0.15) is 5.10 Å². The topological polar surface area (TPSA) is 57.8 Å². The number of rotatable bonds is 2. The molecule has 1 aliphatic rings. The molecule has 2 aromatic carbocycles. The van der Waals surface area contributed by atoms with Crippen LogP contribution in [-0.4, -0.2) is 16.1 Å². The third-order valence-electron chi connectivity index (χ3n) is 4.11. The maximum absolute atomic E-state index is 12.1. The minimum atomic E-state index is -0.00907. The Balaban J connectivity index is 1.88. The summed E-state index contributed by atoms with van der Waals surface area (Å²) in [6.07, 6.45) is 0.419. The molecular formula is C18H14BrN3O. The number of halogens is 1. The van der Waals surface area contributed by atoms with Crippen LogP contribution in [0.2, 0.25) is 0 Å². The number of carbonyl (C=O) groups excluding carboxylic acids is 1. The molecule has 1 aromatic heterocycles. The van der Waals surface area contributed by atoms with E-state index in [0.29, 0.717) is 12.2 Å². The summed E-state index contributed by atoms with van der Waals surface area (Å²) in [5.41, 5.74) is 4.19. The number of fused-ring (bicyclic) bond motifs is 1. The fourth-order valence-corrected chi connectivity index (χ4v) is 3.51. The molecule has 0 spiro atoms. The van der Waals surface area contributed by atoms with Gasteiger partial charge in [-0.05, 0) is 23.3 Å². The van der Waals surface area contributed by atoms with Gasteiger partial charge in [0.05, 0.1) is 5.69 Å². The van der Waals surface area contributed by atoms with Gasteiger partial charge in [0.1, 0.15) is 0 Å². The van der Waals surface area contributed by atoms with E-state index in [1.807, 2.05) is 42.5 Å². The number of nitrogens with zero attached hydrogens (tertiary/aromatic N) is 1. The van der Waals surface area contributed by atoms with Gasteiger partial charge in [0.25, 0.3) is 0 Å². The number of H-pyrrole nitrogens is 1. The van der Waals surface area contributed by atoms with E-state index in [9.17, 15) is 4.79 Å². The Morgan fingerprint density at radius 1 is 1.09 bits per heavy atom. The van der Waals surface area contributed by atoms with Crippen LogP contribution < -0.4 is 5.32 Å². The lowest BCUT2D eigenvalue weighted by atomic mass is 9.84. The lowest BCUT2D eigenvalue weighted by Crippen LogP contribution is -2.23. The quantitative estimate of drug-likeness (QED) is 0.708. The molecule has 2 heterocycles. The standard InChI is InChI=1S/C18H14BrN3O/c19-13-8-4-7-12(9-13)14-10-15(23)20-18-16(14)17(21-22-18)11-5-2-1-3-6-11/h1-9,14H,10H2,(H2,20,21,22,23)/t14-/m0/s1. The van der Waals surface area contributed by atoms with Crippen molar-refractivity contribution in [2.24, 2.45) is 0 Å². The number of hydrogen-bond acceptors (Lipinski definition) is 2. The fraction of sp³-hybridized carbons (Fsp3) is 0.111. The highest BCUT2D eigenvalue weighted by molar-refractivity contribution is 9.10.